The van der Waals surface area contributed by atoms with Crippen LogP contribution < -0.4 is 21.5 Å². The Balaban J connectivity index is 1.46. The molecule has 6 rings (SSSR count). The van der Waals surface area contributed by atoms with E-state index in [2.05, 4.69) is 15.4 Å². The largest absolute Gasteiger partial charge is 0.497 e. The lowest BCUT2D eigenvalue weighted by Crippen LogP contribution is -2.14. The maximum atomic E-state index is 14.1. The van der Waals surface area contributed by atoms with E-state index in [0.29, 0.717) is 51.3 Å². The van der Waals surface area contributed by atoms with Gasteiger partial charge >= 0.3 is 0 Å². The highest BCUT2D eigenvalue weighted by Gasteiger charge is 2.23. The van der Waals surface area contributed by atoms with E-state index in [-0.39, 0.29) is 15.4 Å². The zero-order chi connectivity index (χ0) is 30.3. The minimum atomic E-state index is -4.00. The van der Waals surface area contributed by atoms with Gasteiger partial charge in [0.2, 0.25) is 9.84 Å². The summed E-state index contributed by atoms with van der Waals surface area (Å²) < 4.78 is 35.2. The first-order valence-corrected chi connectivity index (χ1v) is 14.8. The number of carbonyl (C=O) groups is 1. The van der Waals surface area contributed by atoms with Crippen LogP contribution in [0.15, 0.2) is 101 Å². The Hall–Kier alpha value is -5.42. The summed E-state index contributed by atoms with van der Waals surface area (Å²) in [7, 11) is -2.45. The molecular formula is C32H28N6O4S. The van der Waals surface area contributed by atoms with E-state index in [1.165, 1.54) is 12.3 Å². The number of nitrogens with one attached hydrogen (secondary N) is 1. The molecule has 10 nitrogen and oxygen atoms in total. The number of pyridine rings is 1. The molecule has 0 unspecified atom stereocenters. The monoisotopic (exact) mass is 592 g/mol. The van der Waals surface area contributed by atoms with Crippen molar-refractivity contribution in [1.29, 1.82) is 0 Å². The third-order valence-corrected chi connectivity index (χ3v) is 9.02. The molecule has 2 heterocycles. The maximum Gasteiger partial charge on any atom is 0.252 e. The van der Waals surface area contributed by atoms with E-state index in [9.17, 15) is 13.2 Å². The van der Waals surface area contributed by atoms with Crippen molar-refractivity contribution >= 4 is 54.6 Å². The van der Waals surface area contributed by atoms with Crippen LogP contribution in [0.3, 0.4) is 0 Å². The van der Waals surface area contributed by atoms with E-state index < -0.39 is 15.7 Å². The third-order valence-electron chi connectivity index (χ3n) is 7.29. The first kappa shape index (κ1) is 27.7. The number of nitrogens with zero attached hydrogens (tertiary/aromatic N) is 3. The van der Waals surface area contributed by atoms with Crippen LogP contribution in [0.1, 0.15) is 21.5 Å². The second-order valence-electron chi connectivity index (χ2n) is 10.2. The average molecular weight is 593 g/mol. The number of ether oxygens (including phenoxy) is 1. The van der Waals surface area contributed by atoms with Gasteiger partial charge in [-0.25, -0.2) is 8.42 Å². The molecule has 6 aromatic rings. The fourth-order valence-corrected chi connectivity index (χ4v) is 6.44. The lowest BCUT2D eigenvalue weighted by molar-refractivity contribution is 0.100. The van der Waals surface area contributed by atoms with Gasteiger partial charge in [-0.2, -0.15) is 5.10 Å². The second kappa shape index (κ2) is 10.8. The van der Waals surface area contributed by atoms with Crippen LogP contribution in [-0.2, 0) is 16.4 Å². The summed E-state index contributed by atoms with van der Waals surface area (Å²) in [6, 6.07) is 22.6. The summed E-state index contributed by atoms with van der Waals surface area (Å²) in [6.45, 7) is 2.22. The third kappa shape index (κ3) is 5.22. The highest BCUT2D eigenvalue weighted by molar-refractivity contribution is 7.91. The summed E-state index contributed by atoms with van der Waals surface area (Å²) in [5.41, 5.74) is 16.1. The molecule has 0 radical (unpaired) electrons. The van der Waals surface area contributed by atoms with Crippen LogP contribution in [0, 0.1) is 6.92 Å². The van der Waals surface area contributed by atoms with Gasteiger partial charge in [0.05, 0.1) is 51.9 Å². The number of carbonyl (C=O) groups excluding carboxylic acids is 1. The molecule has 11 heteroatoms. The van der Waals surface area contributed by atoms with Gasteiger partial charge in [0, 0.05) is 34.4 Å². The number of aromatic nitrogens is 3. The van der Waals surface area contributed by atoms with Gasteiger partial charge in [0.25, 0.3) is 5.91 Å². The number of methoxy groups -OCH3 is 1. The molecule has 0 spiro atoms. The Morgan fingerprint density at radius 1 is 0.977 bits per heavy atom. The van der Waals surface area contributed by atoms with E-state index in [1.54, 1.807) is 73.4 Å². The number of amides is 1. The van der Waals surface area contributed by atoms with Crippen LogP contribution in [0.2, 0.25) is 0 Å². The number of fused-ring (bicyclic) bond motifs is 2. The van der Waals surface area contributed by atoms with Crippen molar-refractivity contribution < 1.29 is 17.9 Å². The van der Waals surface area contributed by atoms with Gasteiger partial charge in [-0.3, -0.25) is 14.5 Å². The molecule has 5 N–H and O–H groups in total. The standard InChI is InChI=1S/C32H28N6O4S/c1-19-12-26(14-27-30(19)35-17-28(32(34)39)31(27)37-23-4-3-5-24(13-23)42-2)43(40,41)25-11-8-21-16-36-38(29(21)15-25)18-20-6-9-22(33)10-7-20/h3-17H,18,33H2,1-2H3,(H2,34,39)(H,35,37). The number of nitrogen functional groups attached to an aromatic ring is 1. The van der Waals surface area contributed by atoms with Crippen molar-refractivity contribution in [3.63, 3.8) is 0 Å². The lowest BCUT2D eigenvalue weighted by atomic mass is 10.1. The van der Waals surface area contributed by atoms with Crippen molar-refractivity contribution in [2.24, 2.45) is 5.73 Å². The second-order valence-corrected chi connectivity index (χ2v) is 12.1. The number of rotatable bonds is 8. The van der Waals surface area contributed by atoms with Crippen molar-refractivity contribution in [3.05, 3.63) is 108 Å². The van der Waals surface area contributed by atoms with Gasteiger partial charge in [0.15, 0.2) is 0 Å². The molecule has 0 saturated heterocycles. The van der Waals surface area contributed by atoms with E-state index in [0.717, 1.165) is 10.9 Å². The summed E-state index contributed by atoms with van der Waals surface area (Å²) in [5.74, 6) is -0.0972. The Morgan fingerprint density at radius 3 is 2.51 bits per heavy atom. The SMILES string of the molecule is COc1cccc(Nc2c(C(N)=O)cnc3c(C)cc(S(=O)(=O)c4ccc5cnn(Cc6ccc(N)cc6)c5c4)cc23)c1. The molecule has 43 heavy (non-hydrogen) atoms. The Morgan fingerprint density at radius 2 is 1.77 bits per heavy atom. The number of benzene rings is 4. The number of nitrogens with two attached hydrogens (primary N) is 2. The van der Waals surface area contributed by atoms with Gasteiger partial charge in [-0.1, -0.05) is 18.2 Å². The molecule has 0 saturated carbocycles. The molecule has 1 amide bonds. The number of aryl methyl sites for hydroxylation is 1. The topological polar surface area (TPSA) is 155 Å². The summed E-state index contributed by atoms with van der Waals surface area (Å²) in [4.78, 5) is 17.0. The number of hydrogen-bond donors (Lipinski definition) is 3. The lowest BCUT2D eigenvalue weighted by Gasteiger charge is -2.16. The molecule has 2 aromatic heterocycles. The molecule has 0 aliphatic heterocycles. The zero-order valence-electron chi connectivity index (χ0n) is 23.4. The first-order chi connectivity index (χ1) is 20.6. The van der Waals surface area contributed by atoms with Crippen LogP contribution >= 0.6 is 0 Å². The highest BCUT2D eigenvalue weighted by atomic mass is 32.2. The molecular weight excluding hydrogens is 564 g/mol. The van der Waals surface area contributed by atoms with Gasteiger partial charge in [-0.05, 0) is 72.6 Å². The van der Waals surface area contributed by atoms with Crippen LogP contribution in [0.25, 0.3) is 21.8 Å². The van der Waals surface area contributed by atoms with Crippen molar-refractivity contribution in [2.45, 2.75) is 23.3 Å². The van der Waals surface area contributed by atoms with Gasteiger partial charge in [0.1, 0.15) is 5.75 Å². The molecule has 0 atom stereocenters. The minimum Gasteiger partial charge on any atom is -0.497 e. The minimum absolute atomic E-state index is 0.0542. The average Bonchev–Trinajstić information content (AvgIpc) is 3.40. The number of sulfone groups is 1. The Labute approximate surface area is 247 Å². The summed E-state index contributed by atoms with van der Waals surface area (Å²) >= 11 is 0. The Kier molecular flexibility index (Phi) is 6.95. The predicted octanol–water partition coefficient (Wildman–Crippen LogP) is 5.21. The summed E-state index contributed by atoms with van der Waals surface area (Å²) in [5, 5.41) is 8.96. The van der Waals surface area contributed by atoms with Crippen molar-refractivity contribution in [3.8, 4) is 5.75 Å². The fourth-order valence-electron chi connectivity index (χ4n) is 5.04. The number of anilines is 3. The highest BCUT2D eigenvalue weighted by Crippen LogP contribution is 2.35. The number of hydrogen-bond acceptors (Lipinski definition) is 8. The predicted molar refractivity (Wildman–Crippen MR) is 166 cm³/mol. The van der Waals surface area contributed by atoms with Gasteiger partial charge in [-0.15, -0.1) is 0 Å². The Bertz CT molecular complexity index is 2140. The van der Waals surface area contributed by atoms with E-state index in [1.807, 2.05) is 24.3 Å². The van der Waals surface area contributed by atoms with E-state index >= 15 is 0 Å². The smallest absolute Gasteiger partial charge is 0.252 e. The van der Waals surface area contributed by atoms with Crippen LogP contribution in [0.4, 0.5) is 17.1 Å². The molecule has 0 bridgehead atoms. The molecule has 4 aromatic carbocycles. The molecule has 0 aliphatic carbocycles. The molecule has 0 aliphatic rings. The van der Waals surface area contributed by atoms with Gasteiger partial charge < -0.3 is 21.5 Å². The normalized spacial score (nSPS) is 11.6. The quantitative estimate of drug-likeness (QED) is 0.204. The molecule has 216 valence electrons. The van der Waals surface area contributed by atoms with E-state index in [4.69, 9.17) is 16.2 Å². The van der Waals surface area contributed by atoms with Crippen molar-refractivity contribution in [2.75, 3.05) is 18.2 Å². The van der Waals surface area contributed by atoms with Crippen LogP contribution in [0.5, 0.6) is 5.75 Å². The van der Waals surface area contributed by atoms with Crippen LogP contribution in [-0.4, -0.2) is 36.2 Å². The van der Waals surface area contributed by atoms with Crippen molar-refractivity contribution in [1.82, 2.24) is 14.8 Å². The molecule has 0 fully saturated rings. The first-order valence-electron chi connectivity index (χ1n) is 13.3. The zero-order valence-corrected chi connectivity index (χ0v) is 24.2. The maximum absolute atomic E-state index is 14.1. The summed E-state index contributed by atoms with van der Waals surface area (Å²) in [6.07, 6.45) is 3.10. The number of primary amides is 1. The fraction of sp³-hybridized carbons (Fsp3) is 0.0938.